The zero-order chi connectivity index (χ0) is 26.6. The molecule has 2 aliphatic heterocycles. The van der Waals surface area contributed by atoms with Gasteiger partial charge in [-0.25, -0.2) is 4.79 Å². The Morgan fingerprint density at radius 1 is 1.03 bits per heavy atom. The number of fused-ring (bicyclic) bond motifs is 4. The van der Waals surface area contributed by atoms with Crippen molar-refractivity contribution in [1.82, 2.24) is 9.47 Å². The molecule has 1 aromatic heterocycles. The highest BCUT2D eigenvalue weighted by atomic mass is 16.6. The van der Waals surface area contributed by atoms with Crippen LogP contribution < -0.4 is 14.8 Å². The molecule has 38 heavy (non-hydrogen) atoms. The third-order valence-electron chi connectivity index (χ3n) is 7.43. The molecule has 9 heteroatoms. The highest BCUT2D eigenvalue weighted by Crippen LogP contribution is 2.45. The molecule has 9 nitrogen and oxygen atoms in total. The van der Waals surface area contributed by atoms with Crippen molar-refractivity contribution in [1.29, 1.82) is 0 Å². The maximum Gasteiger partial charge on any atom is 0.344 e. The van der Waals surface area contributed by atoms with Crippen LogP contribution in [0.5, 0.6) is 11.5 Å². The van der Waals surface area contributed by atoms with Gasteiger partial charge in [-0.1, -0.05) is 18.2 Å². The number of carbonyl (C=O) groups excluding carboxylic acids is 3. The van der Waals surface area contributed by atoms with Crippen molar-refractivity contribution in [2.24, 2.45) is 0 Å². The van der Waals surface area contributed by atoms with Gasteiger partial charge in [-0.3, -0.25) is 14.5 Å². The van der Waals surface area contributed by atoms with Gasteiger partial charge in [-0.2, -0.15) is 0 Å². The molecule has 194 valence electrons. The monoisotopic (exact) mass is 513 g/mol. The van der Waals surface area contributed by atoms with Crippen LogP contribution in [0.3, 0.4) is 0 Å². The van der Waals surface area contributed by atoms with E-state index < -0.39 is 18.2 Å². The minimum atomic E-state index is -1.02. The van der Waals surface area contributed by atoms with Crippen LogP contribution in [-0.4, -0.2) is 47.5 Å². The summed E-state index contributed by atoms with van der Waals surface area (Å²) in [5.74, 6) is -0.598. The van der Waals surface area contributed by atoms with Crippen LogP contribution in [-0.2, 0) is 20.9 Å². The highest BCUT2D eigenvalue weighted by Gasteiger charge is 2.47. The summed E-state index contributed by atoms with van der Waals surface area (Å²) < 4.78 is 18.6. The average Bonchev–Trinajstić information content (AvgIpc) is 3.58. The molecule has 1 unspecified atom stereocenters. The molecular formula is C29H27N3O6. The van der Waals surface area contributed by atoms with E-state index in [9.17, 15) is 14.4 Å². The number of ether oxygens (including phenoxy) is 3. The second kappa shape index (κ2) is 9.09. The largest absolute Gasteiger partial charge is 0.493 e. The standard InChI is InChI=1S/C29H27N3O6/c1-4-31-20-8-6-5-7-17(20)19-15-16(9-11-21(19)31)30-27(34)22-12-14-24(33)32(22)28-18-10-13-23(36-2)26(37-3)25(18)29(35)38-28/h5-11,13,15,22,28H,4,12,14H2,1-3H3,(H,30,34)/t22-,28?/m0/s1. The third-order valence-corrected chi connectivity index (χ3v) is 7.43. The number of likely N-dealkylation sites (tertiary alicyclic amines) is 1. The summed E-state index contributed by atoms with van der Waals surface area (Å²) in [7, 11) is 2.91. The van der Waals surface area contributed by atoms with E-state index in [0.29, 0.717) is 23.4 Å². The quantitative estimate of drug-likeness (QED) is 0.378. The number of nitrogens with one attached hydrogen (secondary N) is 1. The van der Waals surface area contributed by atoms with E-state index in [1.54, 1.807) is 12.1 Å². The number of rotatable bonds is 6. The fourth-order valence-corrected chi connectivity index (χ4v) is 5.74. The van der Waals surface area contributed by atoms with Crippen molar-refractivity contribution < 1.29 is 28.6 Å². The number of aromatic nitrogens is 1. The van der Waals surface area contributed by atoms with Gasteiger partial charge in [0.2, 0.25) is 18.0 Å². The minimum absolute atomic E-state index is 0.178. The van der Waals surface area contributed by atoms with Crippen LogP contribution in [0.15, 0.2) is 54.6 Å². The van der Waals surface area contributed by atoms with E-state index in [0.717, 1.165) is 28.4 Å². The lowest BCUT2D eigenvalue weighted by Gasteiger charge is -2.29. The van der Waals surface area contributed by atoms with Crippen LogP contribution >= 0.6 is 0 Å². The van der Waals surface area contributed by atoms with Crippen LogP contribution in [0.2, 0.25) is 0 Å². The number of cyclic esters (lactones) is 1. The van der Waals surface area contributed by atoms with E-state index in [4.69, 9.17) is 14.2 Å². The van der Waals surface area contributed by atoms with Gasteiger partial charge in [0.15, 0.2) is 11.5 Å². The lowest BCUT2D eigenvalue weighted by molar-refractivity contribution is -0.144. The molecule has 2 aliphatic rings. The van der Waals surface area contributed by atoms with Crippen LogP contribution in [0.1, 0.15) is 41.9 Å². The van der Waals surface area contributed by atoms with E-state index >= 15 is 0 Å². The van der Waals surface area contributed by atoms with Crippen LogP contribution in [0.25, 0.3) is 21.8 Å². The first-order valence-electron chi connectivity index (χ1n) is 12.6. The Balaban J connectivity index is 1.32. The minimum Gasteiger partial charge on any atom is -0.493 e. The summed E-state index contributed by atoms with van der Waals surface area (Å²) in [5, 5.41) is 5.14. The number of amides is 2. The Hall–Kier alpha value is -4.53. The number of hydrogen-bond acceptors (Lipinski definition) is 6. The van der Waals surface area contributed by atoms with Crippen LogP contribution in [0.4, 0.5) is 5.69 Å². The van der Waals surface area contributed by atoms with Gasteiger partial charge in [0.05, 0.1) is 14.2 Å². The number of para-hydroxylation sites is 1. The second-order valence-electron chi connectivity index (χ2n) is 9.36. The molecule has 0 bridgehead atoms. The Morgan fingerprint density at radius 3 is 2.58 bits per heavy atom. The molecule has 4 aromatic rings. The van der Waals surface area contributed by atoms with E-state index in [1.165, 1.54) is 19.1 Å². The summed E-state index contributed by atoms with van der Waals surface area (Å²) in [6, 6.07) is 16.5. The van der Waals surface area contributed by atoms with Gasteiger partial charge < -0.3 is 24.1 Å². The van der Waals surface area contributed by atoms with Crippen LogP contribution in [0, 0.1) is 0 Å². The number of anilines is 1. The van der Waals surface area contributed by atoms with Gasteiger partial charge in [0.1, 0.15) is 11.6 Å². The van der Waals surface area contributed by atoms with E-state index in [2.05, 4.69) is 28.9 Å². The molecule has 3 aromatic carbocycles. The van der Waals surface area contributed by atoms with Crippen molar-refractivity contribution >= 4 is 45.3 Å². The Labute approximate surface area is 218 Å². The summed E-state index contributed by atoms with van der Waals surface area (Å²) in [5.41, 5.74) is 3.53. The van der Waals surface area contributed by atoms with Gasteiger partial charge in [0, 0.05) is 46.0 Å². The van der Waals surface area contributed by atoms with Crippen molar-refractivity contribution in [2.75, 3.05) is 19.5 Å². The molecule has 2 atom stereocenters. The summed E-state index contributed by atoms with van der Waals surface area (Å²) in [6.45, 7) is 2.93. The fraction of sp³-hybridized carbons (Fsp3) is 0.276. The molecule has 0 radical (unpaired) electrons. The van der Waals surface area contributed by atoms with Crippen molar-refractivity contribution in [3.63, 3.8) is 0 Å². The smallest absolute Gasteiger partial charge is 0.344 e. The normalized spacial score (nSPS) is 18.7. The zero-order valence-electron chi connectivity index (χ0n) is 21.3. The summed E-state index contributed by atoms with van der Waals surface area (Å²) in [4.78, 5) is 40.7. The highest BCUT2D eigenvalue weighted by molar-refractivity contribution is 6.10. The Kier molecular flexibility index (Phi) is 5.71. The molecule has 2 amide bonds. The topological polar surface area (TPSA) is 99.1 Å². The number of nitrogens with zero attached hydrogens (tertiary/aromatic N) is 2. The molecule has 0 spiro atoms. The number of methoxy groups -OCH3 is 2. The molecule has 1 saturated heterocycles. The number of hydrogen-bond donors (Lipinski definition) is 1. The summed E-state index contributed by atoms with van der Waals surface area (Å²) in [6.07, 6.45) is -0.524. The lowest BCUT2D eigenvalue weighted by atomic mass is 10.0. The maximum absolute atomic E-state index is 13.5. The zero-order valence-corrected chi connectivity index (χ0v) is 21.3. The third kappa shape index (κ3) is 3.49. The Bertz CT molecular complexity index is 1620. The first kappa shape index (κ1) is 23.8. The number of aryl methyl sites for hydroxylation is 1. The SMILES string of the molecule is CCn1c2ccccc2c2cc(NC(=O)[C@@H]3CCC(=O)N3C3OC(=O)c4c3ccc(OC)c4OC)ccc21. The van der Waals surface area contributed by atoms with Gasteiger partial charge >= 0.3 is 5.97 Å². The second-order valence-corrected chi connectivity index (χ2v) is 9.36. The number of carbonyl (C=O) groups is 3. The molecule has 0 aliphatic carbocycles. The Morgan fingerprint density at radius 2 is 1.82 bits per heavy atom. The van der Waals surface area contributed by atoms with Gasteiger partial charge in [0.25, 0.3) is 0 Å². The van der Waals surface area contributed by atoms with Gasteiger partial charge in [-0.05, 0) is 49.7 Å². The molecule has 0 saturated carbocycles. The molecule has 6 rings (SSSR count). The first-order valence-corrected chi connectivity index (χ1v) is 12.6. The van der Waals surface area contributed by atoms with Crippen molar-refractivity contribution in [3.8, 4) is 11.5 Å². The first-order chi connectivity index (χ1) is 18.5. The molecule has 1 fully saturated rings. The predicted octanol–water partition coefficient (Wildman–Crippen LogP) is 4.63. The number of esters is 1. The molecular weight excluding hydrogens is 486 g/mol. The van der Waals surface area contributed by atoms with Crippen molar-refractivity contribution in [2.45, 2.75) is 38.6 Å². The summed E-state index contributed by atoms with van der Waals surface area (Å²) >= 11 is 0. The lowest BCUT2D eigenvalue weighted by Crippen LogP contribution is -2.43. The average molecular weight is 514 g/mol. The number of benzene rings is 3. The van der Waals surface area contributed by atoms with Crippen molar-refractivity contribution in [3.05, 3.63) is 65.7 Å². The fourth-order valence-electron chi connectivity index (χ4n) is 5.74. The van der Waals surface area contributed by atoms with E-state index in [-0.39, 0.29) is 29.5 Å². The molecule has 3 heterocycles. The maximum atomic E-state index is 13.5. The van der Waals surface area contributed by atoms with Gasteiger partial charge in [-0.15, -0.1) is 0 Å². The molecule has 1 N–H and O–H groups in total. The van der Waals surface area contributed by atoms with E-state index in [1.807, 2.05) is 30.3 Å². The predicted molar refractivity (Wildman–Crippen MR) is 141 cm³/mol.